The zero-order valence-electron chi connectivity index (χ0n) is 14.1. The van der Waals surface area contributed by atoms with E-state index in [4.69, 9.17) is 11.6 Å². The highest BCUT2D eigenvalue weighted by Gasteiger charge is 2.17. The number of halogens is 1. The first-order valence-corrected chi connectivity index (χ1v) is 8.16. The number of hydrogen-bond acceptors (Lipinski definition) is 4. The van der Waals surface area contributed by atoms with Crippen LogP contribution in [0.3, 0.4) is 0 Å². The minimum absolute atomic E-state index is 0.0948. The number of hydrogen-bond donors (Lipinski definition) is 2. The van der Waals surface area contributed by atoms with Crippen molar-refractivity contribution in [1.82, 2.24) is 8.97 Å². The molecule has 2 aromatic heterocycles. The fraction of sp³-hybridized carbons (Fsp3) is 0.167. The van der Waals surface area contributed by atoms with Crippen LogP contribution in [0.2, 0.25) is 5.02 Å². The van der Waals surface area contributed by atoms with Crippen molar-refractivity contribution < 1.29 is 9.90 Å². The molecule has 1 amide bonds. The average Bonchev–Trinajstić information content (AvgIpc) is 2.56. The van der Waals surface area contributed by atoms with Crippen molar-refractivity contribution in [3.63, 3.8) is 0 Å². The maximum absolute atomic E-state index is 12.8. The fourth-order valence-electron chi connectivity index (χ4n) is 2.79. The Morgan fingerprint density at radius 2 is 2.00 bits per heavy atom. The normalized spacial score (nSPS) is 10.9. The topological polar surface area (TPSA) is 92.8 Å². The number of aromatic hydroxyl groups is 1. The summed E-state index contributed by atoms with van der Waals surface area (Å²) in [5, 5.41) is 13.2. The molecule has 0 bridgehead atoms. The monoisotopic (exact) mass is 373 g/mol. The van der Waals surface area contributed by atoms with Crippen molar-refractivity contribution in [2.45, 2.75) is 20.4 Å². The van der Waals surface area contributed by atoms with Gasteiger partial charge in [-0.2, -0.15) is 0 Å². The van der Waals surface area contributed by atoms with Crippen molar-refractivity contribution in [3.05, 3.63) is 73.5 Å². The number of carbonyl (C=O) groups is 1. The fourth-order valence-corrected chi connectivity index (χ4v) is 3.01. The summed E-state index contributed by atoms with van der Waals surface area (Å²) in [6.45, 7) is 3.21. The number of rotatable bonds is 3. The first-order chi connectivity index (χ1) is 12.3. The van der Waals surface area contributed by atoms with Gasteiger partial charge in [-0.25, -0.2) is 0 Å². The molecule has 1 aromatic carbocycles. The second kappa shape index (κ2) is 6.68. The first-order valence-electron chi connectivity index (χ1n) is 7.78. The molecule has 0 radical (unpaired) electrons. The third kappa shape index (κ3) is 3.21. The summed E-state index contributed by atoms with van der Waals surface area (Å²) in [6.07, 6.45) is 2.94. The molecule has 0 fully saturated rings. The highest BCUT2D eigenvalue weighted by Crippen LogP contribution is 2.17. The molecule has 3 aromatic rings. The molecule has 0 unspecified atom stereocenters. The maximum Gasteiger partial charge on any atom is 0.279 e. The van der Waals surface area contributed by atoms with E-state index in [9.17, 15) is 19.5 Å². The van der Waals surface area contributed by atoms with E-state index in [2.05, 4.69) is 5.32 Å². The van der Waals surface area contributed by atoms with E-state index in [-0.39, 0.29) is 17.7 Å². The van der Waals surface area contributed by atoms with Gasteiger partial charge in [0.2, 0.25) is 11.3 Å². The number of aryl methyl sites for hydroxylation is 1. The molecule has 134 valence electrons. The lowest BCUT2D eigenvalue weighted by atomic mass is 10.2. The summed E-state index contributed by atoms with van der Waals surface area (Å²) in [4.78, 5) is 36.3. The van der Waals surface area contributed by atoms with Gasteiger partial charge in [-0.3, -0.25) is 14.4 Å². The van der Waals surface area contributed by atoms with Crippen LogP contribution in [-0.4, -0.2) is 20.0 Å². The molecular weight excluding hydrogens is 358 g/mol. The molecular formula is C18H16ClN3O4. The quantitative estimate of drug-likeness (QED) is 0.735. The Morgan fingerprint density at radius 3 is 2.65 bits per heavy atom. The zero-order chi connectivity index (χ0) is 19.0. The van der Waals surface area contributed by atoms with Gasteiger partial charge in [-0.15, -0.1) is 0 Å². The van der Waals surface area contributed by atoms with Crippen LogP contribution in [0.25, 0.3) is 5.52 Å². The molecule has 0 aliphatic carbocycles. The number of pyridine rings is 1. The molecule has 26 heavy (non-hydrogen) atoms. The van der Waals surface area contributed by atoms with Gasteiger partial charge in [0.25, 0.3) is 5.56 Å². The van der Waals surface area contributed by atoms with E-state index in [0.29, 0.717) is 10.7 Å². The lowest BCUT2D eigenvalue weighted by Gasteiger charge is -2.14. The third-order valence-electron chi connectivity index (χ3n) is 3.92. The Balaban J connectivity index is 2.22. The van der Waals surface area contributed by atoms with Crippen molar-refractivity contribution in [2.24, 2.45) is 0 Å². The molecule has 0 atom stereocenters. The lowest BCUT2D eigenvalue weighted by Crippen LogP contribution is -2.27. The second-order valence-corrected chi connectivity index (χ2v) is 6.39. The largest absolute Gasteiger partial charge is 0.502 e. The molecule has 0 spiro atoms. The standard InChI is InChI=1S/C18H16ClN3O4/c1-10-7-21(8-12-4-3-5-13(19)6-12)18(26)15-17(25)16(24)14(9-22(10)15)20-11(2)23/h3-7,9,25H,8H2,1-2H3,(H,20,23). The Bertz CT molecular complexity index is 1150. The van der Waals surface area contributed by atoms with Crippen LogP contribution in [0, 0.1) is 6.92 Å². The van der Waals surface area contributed by atoms with Crippen LogP contribution < -0.4 is 16.3 Å². The van der Waals surface area contributed by atoms with Crippen LogP contribution in [-0.2, 0) is 11.3 Å². The number of carbonyl (C=O) groups excluding carboxylic acids is 1. The number of amides is 1. The highest BCUT2D eigenvalue weighted by molar-refractivity contribution is 6.30. The predicted octanol–water partition coefficient (Wildman–Crippen LogP) is 2.14. The maximum atomic E-state index is 12.8. The van der Waals surface area contributed by atoms with Crippen LogP contribution in [0.4, 0.5) is 5.69 Å². The summed E-state index contributed by atoms with van der Waals surface area (Å²) < 4.78 is 2.78. The number of nitrogens with one attached hydrogen (secondary N) is 1. The Labute approximate surface area is 153 Å². The van der Waals surface area contributed by atoms with Crippen LogP contribution >= 0.6 is 11.6 Å². The van der Waals surface area contributed by atoms with Gasteiger partial charge in [0, 0.05) is 30.0 Å². The van der Waals surface area contributed by atoms with E-state index in [0.717, 1.165) is 5.56 Å². The zero-order valence-corrected chi connectivity index (χ0v) is 14.9. The van der Waals surface area contributed by atoms with Crippen LogP contribution in [0.5, 0.6) is 5.75 Å². The number of aromatic nitrogens is 2. The Hall–Kier alpha value is -3.06. The van der Waals surface area contributed by atoms with Crippen LogP contribution in [0.15, 0.2) is 46.2 Å². The van der Waals surface area contributed by atoms with Gasteiger partial charge in [0.05, 0.1) is 6.54 Å². The Morgan fingerprint density at radius 1 is 1.27 bits per heavy atom. The molecule has 2 N–H and O–H groups in total. The third-order valence-corrected chi connectivity index (χ3v) is 4.16. The summed E-state index contributed by atoms with van der Waals surface area (Å²) in [6, 6.07) is 7.07. The highest BCUT2D eigenvalue weighted by atomic mass is 35.5. The molecule has 0 saturated heterocycles. The number of fused-ring (bicyclic) bond motifs is 1. The molecule has 0 saturated carbocycles. The van der Waals surface area contributed by atoms with E-state index >= 15 is 0 Å². The molecule has 0 aliphatic heterocycles. The first kappa shape index (κ1) is 17.8. The smallest absolute Gasteiger partial charge is 0.279 e. The minimum Gasteiger partial charge on any atom is -0.502 e. The average molecular weight is 374 g/mol. The van der Waals surface area contributed by atoms with Crippen molar-refractivity contribution >= 4 is 28.7 Å². The molecule has 7 nitrogen and oxygen atoms in total. The summed E-state index contributed by atoms with van der Waals surface area (Å²) >= 11 is 5.97. The van der Waals surface area contributed by atoms with Crippen molar-refractivity contribution in [2.75, 3.05) is 5.32 Å². The summed E-state index contributed by atoms with van der Waals surface area (Å²) in [7, 11) is 0. The van der Waals surface area contributed by atoms with Crippen molar-refractivity contribution in [3.8, 4) is 5.75 Å². The SMILES string of the molecule is CC(=O)Nc1cn2c(C)cn(Cc3cccc(Cl)c3)c(=O)c2c(O)c1=O. The van der Waals surface area contributed by atoms with E-state index < -0.39 is 22.6 Å². The minimum atomic E-state index is -0.808. The van der Waals surface area contributed by atoms with Gasteiger partial charge >= 0.3 is 0 Å². The van der Waals surface area contributed by atoms with Crippen LogP contribution in [0.1, 0.15) is 18.2 Å². The predicted molar refractivity (Wildman–Crippen MR) is 99.2 cm³/mol. The summed E-state index contributed by atoms with van der Waals surface area (Å²) in [5.74, 6) is -1.15. The van der Waals surface area contributed by atoms with Gasteiger partial charge in [0.15, 0.2) is 11.3 Å². The van der Waals surface area contributed by atoms with Gasteiger partial charge in [0.1, 0.15) is 5.69 Å². The van der Waals surface area contributed by atoms with E-state index in [1.54, 1.807) is 31.3 Å². The van der Waals surface area contributed by atoms with E-state index in [1.165, 1.54) is 22.1 Å². The second-order valence-electron chi connectivity index (χ2n) is 5.95. The van der Waals surface area contributed by atoms with Gasteiger partial charge < -0.3 is 19.4 Å². The molecule has 8 heteroatoms. The number of anilines is 1. The lowest BCUT2D eigenvalue weighted by molar-refractivity contribution is -0.114. The number of benzene rings is 1. The van der Waals surface area contributed by atoms with Crippen molar-refractivity contribution in [1.29, 1.82) is 0 Å². The van der Waals surface area contributed by atoms with Gasteiger partial charge in [-0.1, -0.05) is 23.7 Å². The van der Waals surface area contributed by atoms with Gasteiger partial charge in [-0.05, 0) is 24.6 Å². The molecule has 0 aliphatic rings. The number of nitrogens with zero attached hydrogens (tertiary/aromatic N) is 2. The molecule has 2 heterocycles. The molecule has 3 rings (SSSR count). The summed E-state index contributed by atoms with van der Waals surface area (Å²) in [5.41, 5.74) is -0.172. The Kier molecular flexibility index (Phi) is 4.56. The van der Waals surface area contributed by atoms with E-state index in [1.807, 2.05) is 6.07 Å².